The van der Waals surface area contributed by atoms with Crippen LogP contribution in [0.1, 0.15) is 36.0 Å². The van der Waals surface area contributed by atoms with Crippen molar-refractivity contribution in [3.63, 3.8) is 0 Å². The molecule has 0 aromatic heterocycles. The van der Waals surface area contributed by atoms with Crippen LogP contribution < -0.4 is 4.74 Å². The summed E-state index contributed by atoms with van der Waals surface area (Å²) in [5, 5.41) is 0. The standard InChI is InChI=1S/C23H24F3NO2/c1-2-17-11-12-20(29-16-18-8-4-3-5-9-18)19(14-17)15-22(28)27-13-7-6-10-21(27)23(24,25)26/h2-5,8-9,11-12,14,21H,1,6-7,10,13,15-16H2. The Hall–Kier alpha value is -2.76. The fraction of sp³-hybridized carbons (Fsp3) is 0.348. The Morgan fingerprint density at radius 1 is 1.17 bits per heavy atom. The molecule has 1 aliphatic heterocycles. The third-order valence-electron chi connectivity index (χ3n) is 5.10. The molecule has 154 valence electrons. The van der Waals surface area contributed by atoms with Gasteiger partial charge in [0.25, 0.3) is 0 Å². The summed E-state index contributed by atoms with van der Waals surface area (Å²) in [6, 6.07) is 13.1. The molecule has 0 spiro atoms. The van der Waals surface area contributed by atoms with Crippen LogP contribution in [0.3, 0.4) is 0 Å². The van der Waals surface area contributed by atoms with Gasteiger partial charge in [-0.25, -0.2) is 0 Å². The number of likely N-dealkylation sites (tertiary alicyclic amines) is 1. The lowest BCUT2D eigenvalue weighted by Gasteiger charge is -2.37. The van der Waals surface area contributed by atoms with Crippen LogP contribution in [-0.2, 0) is 17.8 Å². The monoisotopic (exact) mass is 403 g/mol. The van der Waals surface area contributed by atoms with E-state index in [1.807, 2.05) is 30.3 Å². The lowest BCUT2D eigenvalue weighted by atomic mass is 9.99. The van der Waals surface area contributed by atoms with Crippen molar-refractivity contribution in [3.05, 3.63) is 71.8 Å². The summed E-state index contributed by atoms with van der Waals surface area (Å²) in [5.41, 5.74) is 2.31. The lowest BCUT2D eigenvalue weighted by molar-refractivity contribution is -0.195. The van der Waals surface area contributed by atoms with Gasteiger partial charge in [-0.15, -0.1) is 0 Å². The fourth-order valence-corrected chi connectivity index (χ4v) is 3.58. The Kier molecular flexibility index (Phi) is 6.62. The number of hydrogen-bond acceptors (Lipinski definition) is 2. The van der Waals surface area contributed by atoms with Crippen molar-refractivity contribution in [1.82, 2.24) is 4.90 Å². The first-order valence-electron chi connectivity index (χ1n) is 9.67. The highest BCUT2D eigenvalue weighted by atomic mass is 19.4. The second kappa shape index (κ2) is 9.16. The molecule has 0 bridgehead atoms. The number of benzene rings is 2. The molecule has 1 unspecified atom stereocenters. The number of ether oxygens (including phenoxy) is 1. The second-order valence-electron chi connectivity index (χ2n) is 7.16. The maximum absolute atomic E-state index is 13.4. The molecule has 2 aromatic rings. The van der Waals surface area contributed by atoms with Crippen LogP contribution in [0.15, 0.2) is 55.1 Å². The third kappa shape index (κ3) is 5.40. The Balaban J connectivity index is 1.79. The number of carbonyl (C=O) groups is 1. The molecular weight excluding hydrogens is 379 g/mol. The number of amides is 1. The Morgan fingerprint density at radius 2 is 1.93 bits per heavy atom. The van der Waals surface area contributed by atoms with Crippen molar-refractivity contribution in [2.45, 2.75) is 44.5 Å². The fourth-order valence-electron chi connectivity index (χ4n) is 3.58. The first kappa shape index (κ1) is 21.0. The average Bonchev–Trinajstić information content (AvgIpc) is 2.73. The first-order chi connectivity index (χ1) is 13.9. The molecule has 0 N–H and O–H groups in total. The number of rotatable bonds is 6. The summed E-state index contributed by atoms with van der Waals surface area (Å²) in [4.78, 5) is 13.8. The van der Waals surface area contributed by atoms with E-state index >= 15 is 0 Å². The minimum Gasteiger partial charge on any atom is -0.489 e. The molecule has 1 heterocycles. The molecule has 2 aromatic carbocycles. The van der Waals surface area contributed by atoms with Crippen LogP contribution in [0.25, 0.3) is 6.08 Å². The van der Waals surface area contributed by atoms with Crippen LogP contribution in [0.2, 0.25) is 0 Å². The highest BCUT2D eigenvalue weighted by Crippen LogP contribution is 2.33. The molecule has 29 heavy (non-hydrogen) atoms. The maximum atomic E-state index is 13.4. The van der Waals surface area contributed by atoms with Crippen LogP contribution in [0.5, 0.6) is 5.75 Å². The molecule has 1 fully saturated rings. The Morgan fingerprint density at radius 3 is 2.62 bits per heavy atom. The molecule has 1 atom stereocenters. The minimum atomic E-state index is -4.41. The summed E-state index contributed by atoms with van der Waals surface area (Å²) in [6.45, 7) is 4.16. The topological polar surface area (TPSA) is 29.5 Å². The lowest BCUT2D eigenvalue weighted by Crippen LogP contribution is -2.51. The van der Waals surface area contributed by atoms with E-state index < -0.39 is 18.1 Å². The van der Waals surface area contributed by atoms with Gasteiger partial charge in [0.15, 0.2) is 0 Å². The largest absolute Gasteiger partial charge is 0.489 e. The molecule has 6 heteroatoms. The van der Waals surface area contributed by atoms with E-state index in [1.165, 1.54) is 0 Å². The zero-order valence-electron chi connectivity index (χ0n) is 16.1. The van der Waals surface area contributed by atoms with E-state index in [2.05, 4.69) is 6.58 Å². The van der Waals surface area contributed by atoms with Gasteiger partial charge >= 0.3 is 6.18 Å². The molecule has 0 aliphatic carbocycles. The van der Waals surface area contributed by atoms with Gasteiger partial charge in [0.1, 0.15) is 18.4 Å². The van der Waals surface area contributed by atoms with Gasteiger partial charge in [-0.1, -0.05) is 49.1 Å². The SMILES string of the molecule is C=Cc1ccc(OCc2ccccc2)c(CC(=O)N2CCCCC2C(F)(F)F)c1. The normalized spacial score (nSPS) is 17.1. The molecular formula is C23H24F3NO2. The summed E-state index contributed by atoms with van der Waals surface area (Å²) in [5.74, 6) is -0.0360. The highest BCUT2D eigenvalue weighted by Gasteiger charge is 2.46. The predicted octanol–water partition coefficient (Wildman–Crippen LogP) is 5.39. The zero-order valence-corrected chi connectivity index (χ0v) is 16.1. The maximum Gasteiger partial charge on any atom is 0.408 e. The number of hydrogen-bond donors (Lipinski definition) is 0. The summed E-state index contributed by atoms with van der Waals surface area (Å²) >= 11 is 0. The number of halogens is 3. The molecule has 1 saturated heterocycles. The summed E-state index contributed by atoms with van der Waals surface area (Å²) in [7, 11) is 0. The van der Waals surface area contributed by atoms with Gasteiger partial charge < -0.3 is 9.64 Å². The second-order valence-corrected chi connectivity index (χ2v) is 7.16. The van der Waals surface area contributed by atoms with Crippen molar-refractivity contribution in [2.75, 3.05) is 6.54 Å². The number of nitrogens with zero attached hydrogens (tertiary/aromatic N) is 1. The number of carbonyl (C=O) groups excluding carboxylic acids is 1. The van der Waals surface area contributed by atoms with E-state index in [-0.39, 0.29) is 19.4 Å². The van der Waals surface area contributed by atoms with Gasteiger partial charge in [-0.3, -0.25) is 4.79 Å². The van der Waals surface area contributed by atoms with Crippen molar-refractivity contribution in [3.8, 4) is 5.75 Å². The van der Waals surface area contributed by atoms with Crippen LogP contribution >= 0.6 is 0 Å². The molecule has 1 amide bonds. The van der Waals surface area contributed by atoms with Gasteiger partial charge in [0, 0.05) is 12.1 Å². The van der Waals surface area contributed by atoms with Gasteiger partial charge in [0.05, 0.1) is 6.42 Å². The molecule has 0 radical (unpaired) electrons. The minimum absolute atomic E-state index is 0.0424. The van der Waals surface area contributed by atoms with E-state index in [0.29, 0.717) is 30.8 Å². The van der Waals surface area contributed by atoms with Crippen LogP contribution in [-0.4, -0.2) is 29.6 Å². The molecule has 1 aliphatic rings. The van der Waals surface area contributed by atoms with Crippen molar-refractivity contribution in [1.29, 1.82) is 0 Å². The van der Waals surface area contributed by atoms with Gasteiger partial charge in [-0.05, 0) is 42.5 Å². The first-order valence-corrected chi connectivity index (χ1v) is 9.67. The predicted molar refractivity (Wildman–Crippen MR) is 106 cm³/mol. The smallest absolute Gasteiger partial charge is 0.408 e. The Labute approximate surface area is 168 Å². The third-order valence-corrected chi connectivity index (χ3v) is 5.10. The van der Waals surface area contributed by atoms with E-state index in [0.717, 1.165) is 16.0 Å². The van der Waals surface area contributed by atoms with Crippen molar-refractivity contribution in [2.24, 2.45) is 0 Å². The number of piperidine rings is 1. The van der Waals surface area contributed by atoms with E-state index in [4.69, 9.17) is 4.74 Å². The quantitative estimate of drug-likeness (QED) is 0.647. The number of alkyl halides is 3. The zero-order chi connectivity index (χ0) is 20.9. The van der Waals surface area contributed by atoms with Crippen molar-refractivity contribution < 1.29 is 22.7 Å². The molecule has 3 rings (SSSR count). The Bertz CT molecular complexity index is 849. The summed E-state index contributed by atoms with van der Waals surface area (Å²) in [6.07, 6.45) is -1.90. The molecule has 0 saturated carbocycles. The van der Waals surface area contributed by atoms with Crippen LogP contribution in [0.4, 0.5) is 13.2 Å². The summed E-state index contributed by atoms with van der Waals surface area (Å²) < 4.78 is 46.0. The van der Waals surface area contributed by atoms with Gasteiger partial charge in [0.2, 0.25) is 5.91 Å². The highest BCUT2D eigenvalue weighted by molar-refractivity contribution is 5.80. The van der Waals surface area contributed by atoms with Crippen molar-refractivity contribution >= 4 is 12.0 Å². The van der Waals surface area contributed by atoms with E-state index in [9.17, 15) is 18.0 Å². The van der Waals surface area contributed by atoms with Crippen LogP contribution in [0, 0.1) is 0 Å². The molecule has 3 nitrogen and oxygen atoms in total. The average molecular weight is 403 g/mol. The van der Waals surface area contributed by atoms with Gasteiger partial charge in [-0.2, -0.15) is 13.2 Å². The van der Waals surface area contributed by atoms with E-state index in [1.54, 1.807) is 24.3 Å².